The van der Waals surface area contributed by atoms with Crippen molar-refractivity contribution in [3.63, 3.8) is 0 Å². The monoisotopic (exact) mass is 364 g/mol. The second kappa shape index (κ2) is 8.02. The Morgan fingerprint density at radius 2 is 1.16 bits per heavy atom. The molecule has 0 radical (unpaired) electrons. The van der Waals surface area contributed by atoms with Crippen molar-refractivity contribution in [2.45, 2.75) is 102 Å². The van der Waals surface area contributed by atoms with Crippen molar-refractivity contribution < 1.29 is 8.85 Å². The Balaban J connectivity index is 1.58. The number of unbranched alkanes of at least 4 members (excludes halogenated alkanes) is 2. The van der Waals surface area contributed by atoms with Crippen molar-refractivity contribution in [3.8, 4) is 0 Å². The molecule has 0 spiro atoms. The first kappa shape index (κ1) is 18.5. The molecule has 0 aromatic heterocycles. The predicted octanol–water partition coefficient (Wildman–Crippen LogP) is 6.44. The van der Waals surface area contributed by atoms with Crippen molar-refractivity contribution in [1.29, 1.82) is 0 Å². The van der Waals surface area contributed by atoms with Crippen molar-refractivity contribution in [2.75, 3.05) is 13.2 Å². The van der Waals surface area contributed by atoms with Crippen molar-refractivity contribution >= 4 is 8.56 Å². The highest BCUT2D eigenvalue weighted by Crippen LogP contribution is 2.64. The molecular weight excluding hydrogens is 324 g/mol. The third-order valence-corrected chi connectivity index (χ3v) is 13.0. The van der Waals surface area contributed by atoms with Gasteiger partial charge in [-0.1, -0.05) is 52.4 Å². The molecule has 4 rings (SSSR count). The Hall–Kier alpha value is 0.137. The van der Waals surface area contributed by atoms with Gasteiger partial charge < -0.3 is 8.85 Å². The molecule has 0 aromatic carbocycles. The molecule has 4 aliphatic carbocycles. The van der Waals surface area contributed by atoms with Crippen LogP contribution in [0, 0.1) is 23.7 Å². The molecule has 144 valence electrons. The van der Waals surface area contributed by atoms with E-state index in [1.807, 2.05) is 0 Å². The minimum Gasteiger partial charge on any atom is -0.394 e. The lowest BCUT2D eigenvalue weighted by molar-refractivity contribution is 0.126. The summed E-state index contributed by atoms with van der Waals surface area (Å²) in [4.78, 5) is 0. The number of hydrogen-bond donors (Lipinski definition) is 0. The van der Waals surface area contributed by atoms with Crippen LogP contribution in [0.2, 0.25) is 11.1 Å². The molecule has 6 atom stereocenters. The molecule has 4 aliphatic rings. The maximum atomic E-state index is 7.01. The maximum Gasteiger partial charge on any atom is 0.345 e. The molecule has 4 fully saturated rings. The molecule has 4 saturated carbocycles. The summed E-state index contributed by atoms with van der Waals surface area (Å²) in [6, 6.07) is 0. The molecule has 0 aromatic rings. The van der Waals surface area contributed by atoms with Gasteiger partial charge in [-0.15, -0.1) is 0 Å². The lowest BCUT2D eigenvalue weighted by Gasteiger charge is -2.46. The normalized spacial score (nSPS) is 39.6. The van der Waals surface area contributed by atoms with Gasteiger partial charge in [0.1, 0.15) is 0 Å². The quantitative estimate of drug-likeness (QED) is 0.328. The Labute approximate surface area is 156 Å². The van der Waals surface area contributed by atoms with E-state index in [1.54, 1.807) is 0 Å². The summed E-state index contributed by atoms with van der Waals surface area (Å²) in [5, 5.41) is 0. The molecule has 3 heteroatoms. The van der Waals surface area contributed by atoms with E-state index in [4.69, 9.17) is 8.85 Å². The van der Waals surface area contributed by atoms with Gasteiger partial charge in [0.25, 0.3) is 0 Å². The van der Waals surface area contributed by atoms with Gasteiger partial charge in [-0.25, -0.2) is 0 Å². The molecule has 0 N–H and O–H groups in total. The van der Waals surface area contributed by atoms with Crippen LogP contribution < -0.4 is 0 Å². The number of fused-ring (bicyclic) bond motifs is 4. The highest BCUT2D eigenvalue weighted by molar-refractivity contribution is 6.71. The number of hydrogen-bond acceptors (Lipinski definition) is 2. The SMILES string of the molecule is CCCCO[Si](OCCCC)(C1CC2CCC1C2)C1CC2CCC1C2. The van der Waals surface area contributed by atoms with E-state index >= 15 is 0 Å². The first-order valence-electron chi connectivity index (χ1n) is 11.5. The standard InChI is InChI=1S/C22H40O2Si/c1-3-5-11-23-25(24-12-6-4-2,21-15-17-7-9-19(21)13-17)22-16-18-8-10-20(22)14-18/h17-22H,3-16H2,1-2H3. The highest BCUT2D eigenvalue weighted by Gasteiger charge is 2.63. The Morgan fingerprint density at radius 3 is 1.48 bits per heavy atom. The minimum atomic E-state index is -2.11. The molecule has 0 amide bonds. The molecule has 0 saturated heterocycles. The topological polar surface area (TPSA) is 18.5 Å². The zero-order chi connectivity index (χ0) is 17.3. The van der Waals surface area contributed by atoms with Crippen LogP contribution in [0.1, 0.15) is 90.9 Å². The molecule has 25 heavy (non-hydrogen) atoms. The van der Waals surface area contributed by atoms with Gasteiger partial charge in [0.15, 0.2) is 0 Å². The van der Waals surface area contributed by atoms with Gasteiger partial charge in [0.2, 0.25) is 0 Å². The fourth-order valence-electron chi connectivity index (χ4n) is 6.97. The summed E-state index contributed by atoms with van der Waals surface area (Å²) < 4.78 is 14.0. The largest absolute Gasteiger partial charge is 0.394 e. The zero-order valence-corrected chi connectivity index (χ0v) is 17.7. The van der Waals surface area contributed by atoms with Crippen LogP contribution in [0.5, 0.6) is 0 Å². The van der Waals surface area contributed by atoms with E-state index in [1.165, 1.54) is 77.0 Å². The fourth-order valence-corrected chi connectivity index (χ4v) is 12.6. The van der Waals surface area contributed by atoms with Crippen molar-refractivity contribution in [1.82, 2.24) is 0 Å². The van der Waals surface area contributed by atoms with Crippen LogP contribution in [-0.2, 0) is 8.85 Å². The minimum absolute atomic E-state index is 0.823. The Bertz CT molecular complexity index is 400. The van der Waals surface area contributed by atoms with E-state index in [0.29, 0.717) is 0 Å². The maximum absolute atomic E-state index is 7.01. The smallest absolute Gasteiger partial charge is 0.345 e. The molecule has 6 unspecified atom stereocenters. The van der Waals surface area contributed by atoms with Gasteiger partial charge in [-0.3, -0.25) is 0 Å². The second-order valence-corrected chi connectivity index (χ2v) is 13.2. The lowest BCUT2D eigenvalue weighted by atomic mass is 9.99. The fraction of sp³-hybridized carbons (Fsp3) is 1.00. The third-order valence-electron chi connectivity index (χ3n) is 8.16. The summed E-state index contributed by atoms with van der Waals surface area (Å²) in [6.07, 6.45) is 16.7. The summed E-state index contributed by atoms with van der Waals surface area (Å²) in [5.74, 6) is 3.90. The Morgan fingerprint density at radius 1 is 0.680 bits per heavy atom. The van der Waals surface area contributed by atoms with E-state index in [2.05, 4.69) is 13.8 Å². The third kappa shape index (κ3) is 3.50. The van der Waals surface area contributed by atoms with Gasteiger partial charge in [-0.2, -0.15) is 0 Å². The summed E-state index contributed by atoms with van der Waals surface area (Å²) in [7, 11) is -2.11. The number of rotatable bonds is 10. The summed E-state index contributed by atoms with van der Waals surface area (Å²) in [5.41, 5.74) is 1.65. The first-order chi connectivity index (χ1) is 12.3. The van der Waals surface area contributed by atoms with Crippen molar-refractivity contribution in [3.05, 3.63) is 0 Å². The molecular formula is C22H40O2Si. The van der Waals surface area contributed by atoms with Crippen LogP contribution in [0.3, 0.4) is 0 Å². The predicted molar refractivity (Wildman–Crippen MR) is 106 cm³/mol. The van der Waals surface area contributed by atoms with E-state index < -0.39 is 8.56 Å². The molecule has 0 aliphatic heterocycles. The van der Waals surface area contributed by atoms with E-state index in [0.717, 1.165) is 48.0 Å². The molecule has 4 bridgehead atoms. The van der Waals surface area contributed by atoms with Crippen LogP contribution in [0.15, 0.2) is 0 Å². The van der Waals surface area contributed by atoms with Crippen LogP contribution >= 0.6 is 0 Å². The van der Waals surface area contributed by atoms with E-state index in [9.17, 15) is 0 Å². The van der Waals surface area contributed by atoms with Gasteiger partial charge in [0, 0.05) is 24.3 Å². The van der Waals surface area contributed by atoms with Crippen molar-refractivity contribution in [2.24, 2.45) is 23.7 Å². The van der Waals surface area contributed by atoms with Crippen LogP contribution in [0.25, 0.3) is 0 Å². The van der Waals surface area contributed by atoms with E-state index in [-0.39, 0.29) is 0 Å². The van der Waals surface area contributed by atoms with Gasteiger partial charge in [-0.05, 0) is 62.2 Å². The Kier molecular flexibility index (Phi) is 5.93. The van der Waals surface area contributed by atoms with Crippen LogP contribution in [-0.4, -0.2) is 21.8 Å². The molecule has 0 heterocycles. The van der Waals surface area contributed by atoms with Gasteiger partial charge in [0.05, 0.1) is 0 Å². The zero-order valence-electron chi connectivity index (χ0n) is 16.7. The average molecular weight is 365 g/mol. The summed E-state index contributed by atoms with van der Waals surface area (Å²) in [6.45, 7) is 6.52. The highest BCUT2D eigenvalue weighted by atomic mass is 28.4. The molecule has 2 nitrogen and oxygen atoms in total. The summed E-state index contributed by atoms with van der Waals surface area (Å²) >= 11 is 0. The second-order valence-electron chi connectivity index (χ2n) is 9.69. The van der Waals surface area contributed by atoms with Gasteiger partial charge >= 0.3 is 8.56 Å². The first-order valence-corrected chi connectivity index (χ1v) is 13.5. The average Bonchev–Trinajstić information content (AvgIpc) is 3.41. The lowest BCUT2D eigenvalue weighted by Crippen LogP contribution is -2.54. The van der Waals surface area contributed by atoms with Crippen LogP contribution in [0.4, 0.5) is 0 Å².